The van der Waals surface area contributed by atoms with Crippen LogP contribution in [0.1, 0.15) is 38.4 Å². The van der Waals surface area contributed by atoms with Crippen molar-refractivity contribution in [2.75, 3.05) is 0 Å². The summed E-state index contributed by atoms with van der Waals surface area (Å²) in [5.41, 5.74) is 8.91. The Labute approximate surface area is 126 Å². The third-order valence-electron chi connectivity index (χ3n) is 5.69. The minimum atomic E-state index is 0.292. The van der Waals surface area contributed by atoms with Crippen LogP contribution in [0, 0.1) is 17.8 Å². The number of nitrogens with zero attached hydrogens (tertiary/aromatic N) is 2. The molecule has 2 saturated carbocycles. The Balaban J connectivity index is 1.56. The van der Waals surface area contributed by atoms with E-state index in [1.807, 2.05) is 0 Å². The molecule has 3 nitrogen and oxygen atoms in total. The van der Waals surface area contributed by atoms with Crippen LogP contribution in [0.4, 0.5) is 0 Å². The van der Waals surface area contributed by atoms with Crippen LogP contribution in [0.15, 0.2) is 24.3 Å². The summed E-state index contributed by atoms with van der Waals surface area (Å²) in [7, 11) is 0. The van der Waals surface area contributed by atoms with Gasteiger partial charge in [0.25, 0.3) is 0 Å². The molecule has 3 unspecified atom stereocenters. The standard InChI is InChI=1S/C18H25N3/c1-2-21-16-10-6-5-9-15(16)20-17(21)11-14(19)18-12-7-3-4-8-13(12)18/h5-6,9-10,12-14,18H,2-4,7-8,11,19H2,1H3. The Kier molecular flexibility index (Phi) is 3.26. The molecule has 21 heavy (non-hydrogen) atoms. The van der Waals surface area contributed by atoms with E-state index < -0.39 is 0 Å². The fourth-order valence-electron chi connectivity index (χ4n) is 4.66. The Morgan fingerprint density at radius 3 is 2.67 bits per heavy atom. The van der Waals surface area contributed by atoms with Gasteiger partial charge >= 0.3 is 0 Å². The van der Waals surface area contributed by atoms with E-state index in [-0.39, 0.29) is 0 Å². The fraction of sp³-hybridized carbons (Fsp3) is 0.611. The lowest BCUT2D eigenvalue weighted by Crippen LogP contribution is -2.28. The number of para-hydroxylation sites is 2. The monoisotopic (exact) mass is 283 g/mol. The maximum Gasteiger partial charge on any atom is 0.111 e. The van der Waals surface area contributed by atoms with E-state index >= 15 is 0 Å². The van der Waals surface area contributed by atoms with Gasteiger partial charge in [-0.25, -0.2) is 4.98 Å². The van der Waals surface area contributed by atoms with Crippen LogP contribution in [-0.2, 0) is 13.0 Å². The zero-order valence-corrected chi connectivity index (χ0v) is 12.8. The molecular formula is C18H25N3. The van der Waals surface area contributed by atoms with Crippen molar-refractivity contribution in [2.24, 2.45) is 23.5 Å². The summed E-state index contributed by atoms with van der Waals surface area (Å²) in [5.74, 6) is 3.79. The molecule has 0 radical (unpaired) electrons. The van der Waals surface area contributed by atoms with Crippen molar-refractivity contribution in [1.82, 2.24) is 9.55 Å². The van der Waals surface area contributed by atoms with Gasteiger partial charge in [-0.1, -0.05) is 25.0 Å². The average Bonchev–Trinajstić information content (AvgIpc) is 3.14. The smallest absolute Gasteiger partial charge is 0.111 e. The molecule has 2 aliphatic rings. The number of imidazole rings is 1. The summed E-state index contributed by atoms with van der Waals surface area (Å²) in [6, 6.07) is 8.72. The first-order valence-corrected chi connectivity index (χ1v) is 8.49. The summed E-state index contributed by atoms with van der Waals surface area (Å²) in [6.07, 6.45) is 6.58. The first-order valence-electron chi connectivity index (χ1n) is 8.49. The predicted molar refractivity (Wildman–Crippen MR) is 86.0 cm³/mol. The highest BCUT2D eigenvalue weighted by Crippen LogP contribution is 2.56. The van der Waals surface area contributed by atoms with Gasteiger partial charge in [-0.3, -0.25) is 0 Å². The number of benzene rings is 1. The van der Waals surface area contributed by atoms with E-state index in [2.05, 4.69) is 35.8 Å². The second kappa shape index (κ2) is 5.13. The molecule has 0 saturated heterocycles. The van der Waals surface area contributed by atoms with Crippen molar-refractivity contribution in [3.8, 4) is 0 Å². The van der Waals surface area contributed by atoms with Crippen LogP contribution in [0.5, 0.6) is 0 Å². The molecule has 2 aromatic rings. The minimum absolute atomic E-state index is 0.292. The molecule has 1 heterocycles. The summed E-state index contributed by atoms with van der Waals surface area (Å²) in [5, 5.41) is 0. The number of aryl methyl sites for hydroxylation is 1. The third-order valence-corrected chi connectivity index (χ3v) is 5.69. The van der Waals surface area contributed by atoms with Crippen molar-refractivity contribution >= 4 is 11.0 Å². The van der Waals surface area contributed by atoms with Crippen molar-refractivity contribution < 1.29 is 0 Å². The van der Waals surface area contributed by atoms with Crippen LogP contribution in [0.3, 0.4) is 0 Å². The van der Waals surface area contributed by atoms with E-state index in [1.54, 1.807) is 0 Å². The normalized spacial score (nSPS) is 29.3. The first-order chi connectivity index (χ1) is 10.3. The number of hydrogen-bond acceptors (Lipinski definition) is 2. The maximum absolute atomic E-state index is 6.56. The zero-order chi connectivity index (χ0) is 14.4. The topological polar surface area (TPSA) is 43.8 Å². The molecular weight excluding hydrogens is 258 g/mol. The summed E-state index contributed by atoms with van der Waals surface area (Å²) < 4.78 is 2.33. The Bertz CT molecular complexity index is 633. The van der Waals surface area contributed by atoms with Gasteiger partial charge in [0.05, 0.1) is 11.0 Å². The molecule has 0 aliphatic heterocycles. The van der Waals surface area contributed by atoms with Crippen molar-refractivity contribution in [2.45, 2.75) is 51.6 Å². The highest BCUT2D eigenvalue weighted by molar-refractivity contribution is 5.75. The van der Waals surface area contributed by atoms with Gasteiger partial charge in [-0.05, 0) is 49.7 Å². The molecule has 2 N–H and O–H groups in total. The third kappa shape index (κ3) is 2.18. The molecule has 1 aromatic carbocycles. The average molecular weight is 283 g/mol. The molecule has 4 rings (SSSR count). The second-order valence-electron chi connectivity index (χ2n) is 6.82. The first kappa shape index (κ1) is 13.3. The highest BCUT2D eigenvalue weighted by atomic mass is 15.1. The molecule has 2 aliphatic carbocycles. The van der Waals surface area contributed by atoms with E-state index in [1.165, 1.54) is 37.0 Å². The number of nitrogens with two attached hydrogens (primary N) is 1. The number of rotatable bonds is 4. The second-order valence-corrected chi connectivity index (χ2v) is 6.82. The summed E-state index contributed by atoms with van der Waals surface area (Å²) in [4.78, 5) is 4.83. The lowest BCUT2D eigenvalue weighted by atomic mass is 10.0. The molecule has 3 atom stereocenters. The van der Waals surface area contributed by atoms with Gasteiger partial charge in [0.1, 0.15) is 5.82 Å². The molecule has 2 fully saturated rings. The van der Waals surface area contributed by atoms with E-state index in [9.17, 15) is 0 Å². The molecule has 0 bridgehead atoms. The number of aromatic nitrogens is 2. The van der Waals surface area contributed by atoms with Gasteiger partial charge in [-0.15, -0.1) is 0 Å². The van der Waals surface area contributed by atoms with Gasteiger partial charge in [0.2, 0.25) is 0 Å². The van der Waals surface area contributed by atoms with Crippen LogP contribution in [-0.4, -0.2) is 15.6 Å². The van der Waals surface area contributed by atoms with Crippen molar-refractivity contribution in [3.63, 3.8) is 0 Å². The molecule has 0 spiro atoms. The highest BCUT2D eigenvalue weighted by Gasteiger charge is 2.53. The molecule has 112 valence electrons. The molecule has 0 amide bonds. The van der Waals surface area contributed by atoms with Gasteiger partial charge in [-0.2, -0.15) is 0 Å². The number of fused-ring (bicyclic) bond motifs is 2. The van der Waals surface area contributed by atoms with E-state index in [4.69, 9.17) is 10.7 Å². The zero-order valence-electron chi connectivity index (χ0n) is 12.8. The van der Waals surface area contributed by atoms with Gasteiger partial charge in [0, 0.05) is 19.0 Å². The molecule has 3 heteroatoms. The SMILES string of the molecule is CCn1c(CC(N)C2C3CCCCC32)nc2ccccc21. The lowest BCUT2D eigenvalue weighted by molar-refractivity contribution is 0.480. The molecule has 1 aromatic heterocycles. The van der Waals surface area contributed by atoms with Gasteiger partial charge in [0.15, 0.2) is 0 Å². The predicted octanol–water partition coefficient (Wildman–Crippen LogP) is 3.36. The summed E-state index contributed by atoms with van der Waals surface area (Å²) >= 11 is 0. The Hall–Kier alpha value is -1.35. The summed E-state index contributed by atoms with van der Waals surface area (Å²) in [6.45, 7) is 3.17. The fourth-order valence-corrected chi connectivity index (χ4v) is 4.66. The Morgan fingerprint density at radius 1 is 1.24 bits per heavy atom. The largest absolute Gasteiger partial charge is 0.328 e. The van der Waals surface area contributed by atoms with Gasteiger partial charge < -0.3 is 10.3 Å². The lowest BCUT2D eigenvalue weighted by Gasteiger charge is -2.12. The van der Waals surface area contributed by atoms with E-state index in [0.717, 1.165) is 36.2 Å². The van der Waals surface area contributed by atoms with Crippen LogP contribution >= 0.6 is 0 Å². The van der Waals surface area contributed by atoms with Crippen LogP contribution in [0.2, 0.25) is 0 Å². The van der Waals surface area contributed by atoms with Crippen molar-refractivity contribution in [3.05, 3.63) is 30.1 Å². The number of hydrogen-bond donors (Lipinski definition) is 1. The minimum Gasteiger partial charge on any atom is -0.328 e. The van der Waals surface area contributed by atoms with Crippen LogP contribution in [0.25, 0.3) is 11.0 Å². The Morgan fingerprint density at radius 2 is 1.95 bits per heavy atom. The van der Waals surface area contributed by atoms with E-state index in [0.29, 0.717) is 6.04 Å². The quantitative estimate of drug-likeness (QED) is 0.935. The van der Waals surface area contributed by atoms with Crippen molar-refractivity contribution in [1.29, 1.82) is 0 Å². The van der Waals surface area contributed by atoms with Crippen LogP contribution < -0.4 is 5.73 Å². The maximum atomic E-state index is 6.56.